The monoisotopic (exact) mass is 254 g/mol. The smallest absolute Gasteiger partial charge is 0.243 e. The van der Waals surface area contributed by atoms with Crippen LogP contribution < -0.4 is 5.32 Å². The predicted molar refractivity (Wildman–Crippen MR) is 66.9 cm³/mol. The Hall–Kier alpha value is -1.10. The predicted octanol–water partition coefficient (Wildman–Crippen LogP) is 0.537. The maximum Gasteiger partial charge on any atom is 0.243 e. The zero-order valence-electron chi connectivity index (χ0n) is 11.5. The summed E-state index contributed by atoms with van der Waals surface area (Å²) in [5.41, 5.74) is -0.0878. The van der Waals surface area contributed by atoms with E-state index in [4.69, 9.17) is 4.74 Å². The first-order valence-corrected chi connectivity index (χ1v) is 6.55. The van der Waals surface area contributed by atoms with E-state index in [9.17, 15) is 9.59 Å². The maximum atomic E-state index is 12.1. The van der Waals surface area contributed by atoms with Crippen molar-refractivity contribution in [3.63, 3.8) is 0 Å². The minimum absolute atomic E-state index is 0.0223. The number of carbonyl (C=O) groups excluding carboxylic acids is 2. The lowest BCUT2D eigenvalue weighted by Gasteiger charge is -2.57. The molecule has 5 nitrogen and oxygen atoms in total. The maximum absolute atomic E-state index is 12.1. The van der Waals surface area contributed by atoms with Crippen molar-refractivity contribution in [2.75, 3.05) is 13.7 Å². The fraction of sp³-hybridized carbons (Fsp3) is 0.846. The fourth-order valence-corrected chi connectivity index (χ4v) is 3.18. The van der Waals surface area contributed by atoms with Crippen LogP contribution in [0.25, 0.3) is 0 Å². The van der Waals surface area contributed by atoms with Gasteiger partial charge in [-0.3, -0.25) is 9.59 Å². The van der Waals surface area contributed by atoms with E-state index in [-0.39, 0.29) is 42.0 Å². The van der Waals surface area contributed by atoms with Gasteiger partial charge >= 0.3 is 0 Å². The average Bonchev–Trinajstić information content (AvgIpc) is 2.33. The Morgan fingerprint density at radius 1 is 1.44 bits per heavy atom. The summed E-state index contributed by atoms with van der Waals surface area (Å²) in [6, 6.07) is -0.223. The van der Waals surface area contributed by atoms with Gasteiger partial charge in [-0.05, 0) is 12.8 Å². The van der Waals surface area contributed by atoms with Gasteiger partial charge in [0.2, 0.25) is 11.8 Å². The molecule has 102 valence electrons. The van der Waals surface area contributed by atoms with Crippen molar-refractivity contribution >= 4 is 11.8 Å². The molecule has 5 heteroatoms. The van der Waals surface area contributed by atoms with Crippen molar-refractivity contribution in [1.29, 1.82) is 0 Å². The molecular formula is C13H22N2O3. The van der Waals surface area contributed by atoms with Gasteiger partial charge in [-0.1, -0.05) is 20.8 Å². The number of nitrogens with zero attached hydrogens (tertiary/aromatic N) is 1. The number of piperazine rings is 1. The molecule has 1 N–H and O–H groups in total. The Labute approximate surface area is 108 Å². The molecule has 0 bridgehead atoms. The molecule has 1 saturated carbocycles. The molecule has 2 amide bonds. The number of amides is 2. The summed E-state index contributed by atoms with van der Waals surface area (Å²) in [7, 11) is 1.70. The summed E-state index contributed by atoms with van der Waals surface area (Å²) >= 11 is 0. The first kappa shape index (κ1) is 13.3. The normalized spacial score (nSPS) is 35.1. The Morgan fingerprint density at radius 2 is 2.11 bits per heavy atom. The van der Waals surface area contributed by atoms with E-state index in [1.807, 2.05) is 6.92 Å². The Morgan fingerprint density at radius 3 is 2.61 bits per heavy atom. The molecule has 18 heavy (non-hydrogen) atoms. The molecule has 1 heterocycles. The Balaban J connectivity index is 2.20. The van der Waals surface area contributed by atoms with Crippen LogP contribution in [0.5, 0.6) is 0 Å². The zero-order chi connectivity index (χ0) is 13.5. The second-order valence-electron chi connectivity index (χ2n) is 5.74. The second-order valence-corrected chi connectivity index (χ2v) is 5.74. The Bertz CT molecular complexity index is 367. The highest BCUT2D eigenvalue weighted by Crippen LogP contribution is 2.46. The molecule has 1 saturated heterocycles. The van der Waals surface area contributed by atoms with Gasteiger partial charge in [0, 0.05) is 18.6 Å². The third-order valence-electron chi connectivity index (χ3n) is 4.47. The van der Waals surface area contributed by atoms with Crippen LogP contribution in [0, 0.1) is 5.41 Å². The van der Waals surface area contributed by atoms with Crippen molar-refractivity contribution in [3.05, 3.63) is 0 Å². The van der Waals surface area contributed by atoms with Gasteiger partial charge in [0.05, 0.1) is 12.6 Å². The molecule has 0 aromatic rings. The summed E-state index contributed by atoms with van der Waals surface area (Å²) in [5, 5.41) is 2.66. The van der Waals surface area contributed by atoms with E-state index in [0.717, 1.165) is 6.42 Å². The molecule has 2 aliphatic rings. The second kappa shape index (κ2) is 4.53. The van der Waals surface area contributed by atoms with Gasteiger partial charge in [0.1, 0.15) is 6.04 Å². The highest BCUT2D eigenvalue weighted by atomic mass is 16.5. The van der Waals surface area contributed by atoms with Crippen LogP contribution in [-0.4, -0.2) is 48.6 Å². The molecular weight excluding hydrogens is 232 g/mol. The fourth-order valence-electron chi connectivity index (χ4n) is 3.18. The zero-order valence-corrected chi connectivity index (χ0v) is 11.5. The molecule has 1 aliphatic heterocycles. The van der Waals surface area contributed by atoms with Crippen LogP contribution in [0.3, 0.4) is 0 Å². The lowest BCUT2D eigenvalue weighted by molar-refractivity contribution is -0.175. The van der Waals surface area contributed by atoms with Crippen LogP contribution in [0.2, 0.25) is 0 Å². The number of rotatable bonds is 3. The van der Waals surface area contributed by atoms with Gasteiger partial charge in [-0.15, -0.1) is 0 Å². The third-order valence-corrected chi connectivity index (χ3v) is 4.47. The van der Waals surface area contributed by atoms with Gasteiger partial charge in [0.25, 0.3) is 0 Å². The quantitative estimate of drug-likeness (QED) is 0.799. The molecule has 0 spiro atoms. The number of methoxy groups -OCH3 is 1. The number of ether oxygens (including phenoxy) is 1. The minimum Gasteiger partial charge on any atom is -0.381 e. The molecule has 1 aliphatic carbocycles. The van der Waals surface area contributed by atoms with Crippen molar-refractivity contribution in [2.24, 2.45) is 5.41 Å². The van der Waals surface area contributed by atoms with Crippen LogP contribution in [0.4, 0.5) is 0 Å². The van der Waals surface area contributed by atoms with Crippen LogP contribution in [-0.2, 0) is 14.3 Å². The third kappa shape index (κ3) is 1.81. The topological polar surface area (TPSA) is 58.6 Å². The summed E-state index contributed by atoms with van der Waals surface area (Å²) in [6.45, 7) is 6.26. The number of nitrogens with one attached hydrogen (secondary N) is 1. The van der Waals surface area contributed by atoms with Crippen molar-refractivity contribution in [2.45, 2.75) is 51.8 Å². The van der Waals surface area contributed by atoms with E-state index in [1.165, 1.54) is 0 Å². The lowest BCUT2D eigenvalue weighted by atomic mass is 9.63. The standard InChI is InChI=1S/C13H22N2O3/c1-5-8-12(17)14-7-11(16)15(8)9-6-10(18-4)13(9,2)3/h8-10H,5-7H2,1-4H3,(H,14,17). The summed E-state index contributed by atoms with van der Waals surface area (Å²) < 4.78 is 5.41. The highest BCUT2D eigenvalue weighted by Gasteiger charge is 2.55. The first-order chi connectivity index (χ1) is 8.43. The van der Waals surface area contributed by atoms with Crippen molar-refractivity contribution < 1.29 is 14.3 Å². The SMILES string of the molecule is CCC1C(=O)NCC(=O)N1C1CC(OC)C1(C)C. The van der Waals surface area contributed by atoms with Gasteiger partial charge in [-0.2, -0.15) is 0 Å². The first-order valence-electron chi connectivity index (χ1n) is 6.55. The molecule has 0 aromatic carbocycles. The number of carbonyl (C=O) groups is 2. The molecule has 2 rings (SSSR count). The van der Waals surface area contributed by atoms with Crippen LogP contribution in [0.15, 0.2) is 0 Å². The van der Waals surface area contributed by atoms with Crippen LogP contribution >= 0.6 is 0 Å². The van der Waals surface area contributed by atoms with E-state index in [1.54, 1.807) is 12.0 Å². The van der Waals surface area contributed by atoms with E-state index >= 15 is 0 Å². The van der Waals surface area contributed by atoms with Crippen molar-refractivity contribution in [1.82, 2.24) is 10.2 Å². The molecule has 2 fully saturated rings. The van der Waals surface area contributed by atoms with E-state index in [2.05, 4.69) is 19.2 Å². The largest absolute Gasteiger partial charge is 0.381 e. The Kier molecular flexibility index (Phi) is 3.36. The van der Waals surface area contributed by atoms with Gasteiger partial charge < -0.3 is 15.0 Å². The van der Waals surface area contributed by atoms with E-state index < -0.39 is 0 Å². The number of hydrogen-bond donors (Lipinski definition) is 1. The molecule has 0 aromatic heterocycles. The van der Waals surface area contributed by atoms with Gasteiger partial charge in [0.15, 0.2) is 0 Å². The minimum atomic E-state index is -0.326. The summed E-state index contributed by atoms with van der Waals surface area (Å²) in [4.78, 5) is 25.7. The van der Waals surface area contributed by atoms with Crippen molar-refractivity contribution in [3.8, 4) is 0 Å². The summed E-state index contributed by atoms with van der Waals surface area (Å²) in [5.74, 6) is -0.0113. The number of hydrogen-bond acceptors (Lipinski definition) is 3. The van der Waals surface area contributed by atoms with E-state index in [0.29, 0.717) is 6.42 Å². The van der Waals surface area contributed by atoms with Gasteiger partial charge in [-0.25, -0.2) is 0 Å². The average molecular weight is 254 g/mol. The molecule has 3 unspecified atom stereocenters. The molecule has 3 atom stereocenters. The lowest BCUT2D eigenvalue weighted by Crippen LogP contribution is -2.70. The molecule has 0 radical (unpaired) electrons. The van der Waals surface area contributed by atoms with Crippen LogP contribution in [0.1, 0.15) is 33.6 Å². The summed E-state index contributed by atoms with van der Waals surface area (Å²) in [6.07, 6.45) is 1.64. The highest BCUT2D eigenvalue weighted by molar-refractivity contribution is 5.95.